The van der Waals surface area contributed by atoms with E-state index in [0.717, 1.165) is 0 Å². The lowest BCUT2D eigenvalue weighted by Gasteiger charge is -2.18. The molecule has 17 heavy (non-hydrogen) atoms. The first-order valence-corrected chi connectivity index (χ1v) is 6.20. The van der Waals surface area contributed by atoms with Crippen molar-refractivity contribution in [2.45, 2.75) is 18.6 Å². The molecule has 2 rings (SSSR count). The molecule has 6 heteroatoms. The summed E-state index contributed by atoms with van der Waals surface area (Å²) in [6.45, 7) is 0.143. The number of benzene rings is 1. The summed E-state index contributed by atoms with van der Waals surface area (Å²) >= 11 is 10.0. The molecule has 0 spiro atoms. The SMILES string of the molecule is OC(CCS)C(O)c1cc2c(cc1Cl)OCO2. The highest BCUT2D eigenvalue weighted by atomic mass is 35.5. The third-order valence-corrected chi connectivity index (χ3v) is 3.19. The first kappa shape index (κ1) is 12.8. The number of hydrogen-bond acceptors (Lipinski definition) is 5. The normalized spacial score (nSPS) is 16.9. The fourth-order valence-electron chi connectivity index (χ4n) is 1.66. The summed E-state index contributed by atoms with van der Waals surface area (Å²) in [5.41, 5.74) is 0.435. The van der Waals surface area contributed by atoms with Gasteiger partial charge in [0.05, 0.1) is 11.1 Å². The van der Waals surface area contributed by atoms with Crippen molar-refractivity contribution in [1.82, 2.24) is 0 Å². The largest absolute Gasteiger partial charge is 0.454 e. The number of fused-ring (bicyclic) bond motifs is 1. The topological polar surface area (TPSA) is 58.9 Å². The van der Waals surface area contributed by atoms with Crippen LogP contribution in [0.15, 0.2) is 12.1 Å². The lowest BCUT2D eigenvalue weighted by atomic mass is 10.0. The van der Waals surface area contributed by atoms with E-state index in [4.69, 9.17) is 21.1 Å². The molecule has 0 aliphatic carbocycles. The Balaban J connectivity index is 2.26. The molecule has 2 unspecified atom stereocenters. The average Bonchev–Trinajstić information content (AvgIpc) is 2.74. The molecule has 0 aromatic heterocycles. The van der Waals surface area contributed by atoms with Gasteiger partial charge in [-0.2, -0.15) is 12.6 Å². The first-order chi connectivity index (χ1) is 8.13. The van der Waals surface area contributed by atoms with Crippen molar-refractivity contribution >= 4 is 24.2 Å². The van der Waals surface area contributed by atoms with Gasteiger partial charge in [-0.15, -0.1) is 0 Å². The molecule has 0 saturated heterocycles. The van der Waals surface area contributed by atoms with Gasteiger partial charge in [0.2, 0.25) is 6.79 Å². The number of aliphatic hydroxyl groups excluding tert-OH is 2. The quantitative estimate of drug-likeness (QED) is 0.734. The summed E-state index contributed by atoms with van der Waals surface area (Å²) in [6.07, 6.45) is -1.57. The Morgan fingerprint density at radius 2 is 1.94 bits per heavy atom. The van der Waals surface area contributed by atoms with Crippen LogP contribution in [0.5, 0.6) is 11.5 Å². The van der Waals surface area contributed by atoms with E-state index >= 15 is 0 Å². The lowest BCUT2D eigenvalue weighted by molar-refractivity contribution is 0.0172. The minimum Gasteiger partial charge on any atom is -0.454 e. The minimum absolute atomic E-state index is 0.143. The smallest absolute Gasteiger partial charge is 0.231 e. The molecule has 1 heterocycles. The second kappa shape index (κ2) is 5.35. The molecule has 2 atom stereocenters. The van der Waals surface area contributed by atoms with Crippen molar-refractivity contribution in [3.05, 3.63) is 22.7 Å². The number of halogens is 1. The van der Waals surface area contributed by atoms with Gasteiger partial charge < -0.3 is 19.7 Å². The van der Waals surface area contributed by atoms with Crippen LogP contribution in [0.25, 0.3) is 0 Å². The van der Waals surface area contributed by atoms with Crippen LogP contribution in [-0.2, 0) is 0 Å². The van der Waals surface area contributed by atoms with Gasteiger partial charge in [-0.1, -0.05) is 11.6 Å². The van der Waals surface area contributed by atoms with Crippen molar-refractivity contribution in [2.75, 3.05) is 12.5 Å². The van der Waals surface area contributed by atoms with Crippen LogP contribution >= 0.6 is 24.2 Å². The van der Waals surface area contributed by atoms with E-state index in [-0.39, 0.29) is 6.79 Å². The summed E-state index contributed by atoms with van der Waals surface area (Å²) in [5, 5.41) is 20.0. The maximum Gasteiger partial charge on any atom is 0.231 e. The summed E-state index contributed by atoms with van der Waals surface area (Å²) in [5.74, 6) is 1.57. The summed E-state index contributed by atoms with van der Waals surface area (Å²) in [7, 11) is 0. The first-order valence-electron chi connectivity index (χ1n) is 5.19. The van der Waals surface area contributed by atoms with Gasteiger partial charge in [-0.25, -0.2) is 0 Å². The van der Waals surface area contributed by atoms with Crippen molar-refractivity contribution in [3.63, 3.8) is 0 Å². The fraction of sp³-hybridized carbons (Fsp3) is 0.455. The van der Waals surface area contributed by atoms with E-state index in [1.54, 1.807) is 12.1 Å². The van der Waals surface area contributed by atoms with Crippen LogP contribution in [-0.4, -0.2) is 28.9 Å². The van der Waals surface area contributed by atoms with E-state index in [9.17, 15) is 10.2 Å². The molecule has 2 N–H and O–H groups in total. The van der Waals surface area contributed by atoms with Crippen molar-refractivity contribution in [1.29, 1.82) is 0 Å². The summed E-state index contributed by atoms with van der Waals surface area (Å²) in [4.78, 5) is 0. The van der Waals surface area contributed by atoms with Gasteiger partial charge in [0.25, 0.3) is 0 Å². The Kier molecular flexibility index (Phi) is 4.04. The Morgan fingerprint density at radius 3 is 2.59 bits per heavy atom. The highest BCUT2D eigenvalue weighted by Crippen LogP contribution is 2.39. The highest BCUT2D eigenvalue weighted by Gasteiger charge is 2.24. The Labute approximate surface area is 110 Å². The molecule has 4 nitrogen and oxygen atoms in total. The zero-order valence-corrected chi connectivity index (χ0v) is 10.6. The Bertz CT molecular complexity index is 413. The van der Waals surface area contributed by atoms with Crippen molar-refractivity contribution in [3.8, 4) is 11.5 Å². The van der Waals surface area contributed by atoms with Gasteiger partial charge in [0.1, 0.15) is 6.10 Å². The standard InChI is InChI=1S/C11H13ClO4S/c12-7-4-10-9(15-5-16-10)3-6(7)11(14)8(13)1-2-17/h3-4,8,11,13-14,17H,1-2,5H2. The zero-order valence-electron chi connectivity index (χ0n) is 8.97. The third-order valence-electron chi connectivity index (χ3n) is 2.60. The van der Waals surface area contributed by atoms with E-state index in [1.165, 1.54) is 0 Å². The van der Waals surface area contributed by atoms with Crippen LogP contribution in [0, 0.1) is 0 Å². The lowest BCUT2D eigenvalue weighted by Crippen LogP contribution is -2.19. The predicted molar refractivity (Wildman–Crippen MR) is 67.0 cm³/mol. The summed E-state index contributed by atoms with van der Waals surface area (Å²) in [6, 6.07) is 3.17. The molecule has 0 saturated carbocycles. The van der Waals surface area contributed by atoms with E-state index in [2.05, 4.69) is 12.6 Å². The zero-order chi connectivity index (χ0) is 12.4. The van der Waals surface area contributed by atoms with Gasteiger partial charge >= 0.3 is 0 Å². The van der Waals surface area contributed by atoms with Gasteiger partial charge in [-0.05, 0) is 18.2 Å². The second-order valence-corrected chi connectivity index (χ2v) is 4.61. The molecular weight excluding hydrogens is 264 g/mol. The van der Waals surface area contributed by atoms with Crippen LogP contribution in [0.4, 0.5) is 0 Å². The molecular formula is C11H13ClO4S. The third kappa shape index (κ3) is 2.63. The molecule has 0 amide bonds. The van der Waals surface area contributed by atoms with Gasteiger partial charge in [-0.3, -0.25) is 0 Å². The van der Waals surface area contributed by atoms with E-state index in [0.29, 0.717) is 34.3 Å². The molecule has 0 bridgehead atoms. The molecule has 94 valence electrons. The van der Waals surface area contributed by atoms with Crippen LogP contribution in [0.2, 0.25) is 5.02 Å². The number of thiol groups is 1. The number of ether oxygens (including phenoxy) is 2. The highest BCUT2D eigenvalue weighted by molar-refractivity contribution is 7.80. The molecule has 0 fully saturated rings. The van der Waals surface area contributed by atoms with Crippen molar-refractivity contribution < 1.29 is 19.7 Å². The van der Waals surface area contributed by atoms with Crippen LogP contribution in [0.3, 0.4) is 0 Å². The Hall–Kier alpha value is -0.620. The fourth-order valence-corrected chi connectivity index (χ4v) is 2.19. The van der Waals surface area contributed by atoms with Gasteiger partial charge in [0.15, 0.2) is 11.5 Å². The number of aliphatic hydroxyl groups is 2. The van der Waals surface area contributed by atoms with E-state index < -0.39 is 12.2 Å². The maximum absolute atomic E-state index is 9.97. The Morgan fingerprint density at radius 1 is 1.29 bits per heavy atom. The maximum atomic E-state index is 9.97. The predicted octanol–water partition coefficient (Wildman–Crippen LogP) is 1.78. The number of rotatable bonds is 4. The average molecular weight is 277 g/mol. The second-order valence-electron chi connectivity index (χ2n) is 3.75. The van der Waals surface area contributed by atoms with Crippen LogP contribution < -0.4 is 9.47 Å². The molecule has 1 aromatic rings. The number of hydrogen-bond donors (Lipinski definition) is 3. The van der Waals surface area contributed by atoms with E-state index in [1.807, 2.05) is 0 Å². The monoisotopic (exact) mass is 276 g/mol. The minimum atomic E-state index is -1.05. The van der Waals surface area contributed by atoms with Crippen LogP contribution in [0.1, 0.15) is 18.1 Å². The molecule has 1 aromatic carbocycles. The molecule has 1 aliphatic rings. The van der Waals surface area contributed by atoms with Gasteiger partial charge in [0, 0.05) is 11.6 Å². The summed E-state index contributed by atoms with van der Waals surface area (Å²) < 4.78 is 10.4. The van der Waals surface area contributed by atoms with Crippen molar-refractivity contribution in [2.24, 2.45) is 0 Å². The molecule has 0 radical (unpaired) electrons. The molecule has 1 aliphatic heterocycles.